The molecule has 164 valence electrons. The monoisotopic (exact) mass is 424 g/mol. The Kier molecular flexibility index (Phi) is 7.41. The highest BCUT2D eigenvalue weighted by atomic mass is 16.5. The molecule has 0 saturated heterocycles. The average Bonchev–Trinajstić information content (AvgIpc) is 3.08. The van der Waals surface area contributed by atoms with Gasteiger partial charge in [-0.15, -0.1) is 0 Å². The molecular formula is C24H28N2O5. The molecular weight excluding hydrogens is 396 g/mol. The number of rotatable bonds is 9. The second-order valence-electron chi connectivity index (χ2n) is 7.73. The first kappa shape index (κ1) is 22.5. The van der Waals surface area contributed by atoms with Crippen LogP contribution in [0, 0.1) is 5.92 Å². The van der Waals surface area contributed by atoms with Crippen LogP contribution in [0.5, 0.6) is 0 Å². The molecule has 1 atom stereocenters. The number of hydrogen-bond donors (Lipinski definition) is 2. The number of methoxy groups -OCH3 is 1. The first-order chi connectivity index (χ1) is 14.9. The Balaban J connectivity index is 1.78. The van der Waals surface area contributed by atoms with Crippen molar-refractivity contribution < 1.29 is 23.9 Å². The van der Waals surface area contributed by atoms with Crippen LogP contribution in [-0.2, 0) is 19.1 Å². The van der Waals surface area contributed by atoms with Crippen LogP contribution in [0.1, 0.15) is 41.3 Å². The third-order valence-corrected chi connectivity index (χ3v) is 5.19. The van der Waals surface area contributed by atoms with Gasteiger partial charge in [-0.1, -0.05) is 50.2 Å². The highest BCUT2D eigenvalue weighted by molar-refractivity contribution is 6.03. The van der Waals surface area contributed by atoms with Crippen LogP contribution >= 0.6 is 0 Å². The largest absolute Gasteiger partial charge is 0.464 e. The van der Waals surface area contributed by atoms with Crippen LogP contribution < -0.4 is 10.6 Å². The number of carbonyl (C=O) groups excluding carboxylic acids is 3. The van der Waals surface area contributed by atoms with E-state index in [4.69, 9.17) is 9.47 Å². The van der Waals surface area contributed by atoms with Crippen LogP contribution in [0.15, 0.2) is 42.5 Å². The summed E-state index contributed by atoms with van der Waals surface area (Å²) in [5.41, 5.74) is 4.41. The first-order valence-corrected chi connectivity index (χ1v) is 10.4. The Morgan fingerprint density at radius 2 is 1.68 bits per heavy atom. The van der Waals surface area contributed by atoms with E-state index < -0.39 is 0 Å². The number of carbonyl (C=O) groups is 3. The maximum Gasteiger partial charge on any atom is 0.308 e. The van der Waals surface area contributed by atoms with E-state index in [9.17, 15) is 14.4 Å². The van der Waals surface area contributed by atoms with Crippen molar-refractivity contribution >= 4 is 17.8 Å². The molecule has 2 N–H and O–H groups in total. The van der Waals surface area contributed by atoms with Gasteiger partial charge < -0.3 is 20.1 Å². The normalized spacial score (nSPS) is 14.0. The first-order valence-electron chi connectivity index (χ1n) is 10.4. The van der Waals surface area contributed by atoms with Crippen molar-refractivity contribution in [2.24, 2.45) is 5.92 Å². The van der Waals surface area contributed by atoms with E-state index in [0.29, 0.717) is 18.7 Å². The summed E-state index contributed by atoms with van der Waals surface area (Å²) in [4.78, 5) is 36.4. The second-order valence-corrected chi connectivity index (χ2v) is 7.73. The lowest BCUT2D eigenvalue weighted by molar-refractivity contribution is -0.147. The maximum absolute atomic E-state index is 12.9. The number of benzene rings is 2. The van der Waals surface area contributed by atoms with Crippen molar-refractivity contribution in [3.05, 3.63) is 59.2 Å². The van der Waals surface area contributed by atoms with Crippen molar-refractivity contribution in [2.75, 3.05) is 33.4 Å². The van der Waals surface area contributed by atoms with Gasteiger partial charge in [0.05, 0.1) is 5.92 Å². The molecule has 0 saturated carbocycles. The van der Waals surface area contributed by atoms with E-state index in [1.807, 2.05) is 36.4 Å². The molecule has 3 rings (SSSR count). The summed E-state index contributed by atoms with van der Waals surface area (Å²) in [5, 5.41) is 5.53. The molecule has 1 aliphatic carbocycles. The lowest BCUT2D eigenvalue weighted by Crippen LogP contribution is -2.36. The highest BCUT2D eigenvalue weighted by Gasteiger charge is 2.32. The molecule has 0 fully saturated rings. The maximum atomic E-state index is 12.9. The molecule has 1 aliphatic rings. The summed E-state index contributed by atoms with van der Waals surface area (Å²) in [7, 11) is 1.45. The molecule has 0 heterocycles. The topological polar surface area (TPSA) is 93.7 Å². The van der Waals surface area contributed by atoms with Crippen LogP contribution in [0.4, 0.5) is 0 Å². The fraction of sp³-hybridized carbons (Fsp3) is 0.375. The summed E-state index contributed by atoms with van der Waals surface area (Å²) in [5.74, 6) is -1.000. The van der Waals surface area contributed by atoms with Gasteiger partial charge in [-0.05, 0) is 28.3 Å². The Labute approximate surface area is 182 Å². The summed E-state index contributed by atoms with van der Waals surface area (Å²) in [6, 6.07) is 13.5. The van der Waals surface area contributed by atoms with Gasteiger partial charge in [0.2, 0.25) is 5.91 Å². The molecule has 0 radical (unpaired) electrons. The molecule has 0 spiro atoms. The molecule has 2 amide bonds. The smallest absolute Gasteiger partial charge is 0.308 e. The lowest BCUT2D eigenvalue weighted by Gasteiger charge is -2.15. The van der Waals surface area contributed by atoms with Crippen LogP contribution in [-0.4, -0.2) is 51.2 Å². The fourth-order valence-corrected chi connectivity index (χ4v) is 3.71. The molecule has 0 bridgehead atoms. The third-order valence-electron chi connectivity index (χ3n) is 5.19. The molecule has 31 heavy (non-hydrogen) atoms. The molecule has 0 aromatic heterocycles. The third kappa shape index (κ3) is 5.11. The fourth-order valence-electron chi connectivity index (χ4n) is 3.71. The van der Waals surface area contributed by atoms with Crippen molar-refractivity contribution in [2.45, 2.75) is 19.8 Å². The minimum atomic E-state index is -0.240. The number of hydrogen-bond acceptors (Lipinski definition) is 5. The van der Waals surface area contributed by atoms with Crippen molar-refractivity contribution in [1.82, 2.24) is 10.6 Å². The zero-order valence-electron chi connectivity index (χ0n) is 18.1. The number of ether oxygens (including phenoxy) is 2. The predicted octanol–water partition coefficient (Wildman–Crippen LogP) is 2.49. The van der Waals surface area contributed by atoms with E-state index in [1.54, 1.807) is 19.9 Å². The highest BCUT2D eigenvalue weighted by Crippen LogP contribution is 2.46. The van der Waals surface area contributed by atoms with Gasteiger partial charge in [0.15, 0.2) is 0 Å². The van der Waals surface area contributed by atoms with Crippen LogP contribution in [0.2, 0.25) is 0 Å². The number of amides is 2. The Morgan fingerprint density at radius 1 is 0.968 bits per heavy atom. The predicted molar refractivity (Wildman–Crippen MR) is 117 cm³/mol. The van der Waals surface area contributed by atoms with E-state index in [0.717, 1.165) is 22.3 Å². The van der Waals surface area contributed by atoms with Gasteiger partial charge in [-0.25, -0.2) is 0 Å². The average molecular weight is 424 g/mol. The van der Waals surface area contributed by atoms with Gasteiger partial charge in [-0.3, -0.25) is 14.4 Å². The van der Waals surface area contributed by atoms with E-state index in [-0.39, 0.29) is 42.8 Å². The summed E-state index contributed by atoms with van der Waals surface area (Å²) in [6.07, 6.45) is 0. The summed E-state index contributed by atoms with van der Waals surface area (Å²) in [6.45, 7) is 4.44. The number of esters is 1. The van der Waals surface area contributed by atoms with Gasteiger partial charge in [0, 0.05) is 31.7 Å². The zero-order chi connectivity index (χ0) is 22.4. The Hall–Kier alpha value is -3.19. The number of fused-ring (bicyclic) bond motifs is 3. The molecule has 7 heteroatoms. The van der Waals surface area contributed by atoms with Crippen LogP contribution in [0.25, 0.3) is 11.1 Å². The summed E-state index contributed by atoms with van der Waals surface area (Å²) >= 11 is 0. The minimum absolute atomic E-state index is 0.0142. The zero-order valence-corrected chi connectivity index (χ0v) is 18.1. The van der Waals surface area contributed by atoms with Crippen molar-refractivity contribution in [3.8, 4) is 11.1 Å². The van der Waals surface area contributed by atoms with Crippen LogP contribution in [0.3, 0.4) is 0 Å². The van der Waals surface area contributed by atoms with E-state index in [2.05, 4.69) is 10.6 Å². The van der Waals surface area contributed by atoms with E-state index >= 15 is 0 Å². The molecule has 7 nitrogen and oxygen atoms in total. The SMILES string of the molecule is COCC(=O)NCCNC(=O)c1cccc2c1-c1ccccc1C2COC(=O)C(C)C. The second kappa shape index (κ2) is 10.2. The molecule has 0 aliphatic heterocycles. The van der Waals surface area contributed by atoms with E-state index in [1.165, 1.54) is 7.11 Å². The Bertz CT molecular complexity index is 970. The van der Waals surface area contributed by atoms with Gasteiger partial charge in [0.1, 0.15) is 13.2 Å². The molecule has 1 unspecified atom stereocenters. The quantitative estimate of drug-likeness (QED) is 0.477. The lowest BCUT2D eigenvalue weighted by atomic mass is 9.96. The minimum Gasteiger partial charge on any atom is -0.464 e. The summed E-state index contributed by atoms with van der Waals surface area (Å²) < 4.78 is 10.3. The number of nitrogens with one attached hydrogen (secondary N) is 2. The van der Waals surface area contributed by atoms with Crippen molar-refractivity contribution in [3.63, 3.8) is 0 Å². The standard InChI is InChI=1S/C24H28N2O5/c1-15(2)24(29)31-13-20-16-7-4-5-8-17(16)22-18(20)9-6-10-19(22)23(28)26-12-11-25-21(27)14-30-3/h4-10,15,20H,11-14H2,1-3H3,(H,25,27)(H,26,28). The Morgan fingerprint density at radius 3 is 2.42 bits per heavy atom. The van der Waals surface area contributed by atoms with Gasteiger partial charge in [0.25, 0.3) is 5.91 Å². The van der Waals surface area contributed by atoms with Crippen molar-refractivity contribution in [1.29, 1.82) is 0 Å². The van der Waals surface area contributed by atoms with Gasteiger partial charge >= 0.3 is 5.97 Å². The molecule has 2 aromatic rings. The van der Waals surface area contributed by atoms with Gasteiger partial charge in [-0.2, -0.15) is 0 Å². The molecule has 2 aromatic carbocycles.